The van der Waals surface area contributed by atoms with Crippen molar-refractivity contribution in [2.45, 2.75) is 36.6 Å². The van der Waals surface area contributed by atoms with Gasteiger partial charge in [0, 0.05) is 15.2 Å². The zero-order chi connectivity index (χ0) is 13.3. The van der Waals surface area contributed by atoms with Crippen LogP contribution < -0.4 is 0 Å². The Morgan fingerprint density at radius 1 is 1.18 bits per heavy atom. The van der Waals surface area contributed by atoms with Crippen LogP contribution >= 0.6 is 11.8 Å². The number of rotatable bonds is 2. The summed E-state index contributed by atoms with van der Waals surface area (Å²) in [4.78, 5) is 11.4. The highest BCUT2D eigenvalue weighted by Gasteiger charge is 2.31. The third-order valence-electron chi connectivity index (χ3n) is 1.88. The van der Waals surface area contributed by atoms with Crippen molar-refractivity contribution in [1.29, 1.82) is 0 Å². The van der Waals surface area contributed by atoms with Crippen molar-refractivity contribution < 1.29 is 18.0 Å². The van der Waals surface area contributed by atoms with Crippen molar-refractivity contribution in [1.82, 2.24) is 0 Å². The second-order valence-corrected chi connectivity index (χ2v) is 6.45. The third-order valence-corrected chi connectivity index (χ3v) is 3.08. The zero-order valence-corrected chi connectivity index (χ0v) is 10.6. The molecular formula is C12H13F3OS. The molecule has 1 aromatic carbocycles. The van der Waals surface area contributed by atoms with Gasteiger partial charge in [0.25, 0.3) is 0 Å². The number of halogens is 3. The van der Waals surface area contributed by atoms with E-state index in [1.165, 1.54) is 17.8 Å². The topological polar surface area (TPSA) is 17.1 Å². The predicted octanol–water partition coefficient (Wildman–Crippen LogP) is 4.41. The number of carbonyl (C=O) groups excluding carboxylic acids is 1. The minimum Gasteiger partial charge on any atom is -0.298 e. The lowest BCUT2D eigenvalue weighted by molar-refractivity contribution is -0.137. The van der Waals surface area contributed by atoms with E-state index in [0.717, 1.165) is 12.1 Å². The molecule has 0 bridgehead atoms. The van der Waals surface area contributed by atoms with Gasteiger partial charge in [-0.2, -0.15) is 13.2 Å². The average Bonchev–Trinajstić information content (AvgIpc) is 2.14. The molecule has 0 saturated carbocycles. The van der Waals surface area contributed by atoms with Gasteiger partial charge in [-0.15, -0.1) is 11.8 Å². The van der Waals surface area contributed by atoms with Crippen LogP contribution in [0.3, 0.4) is 0 Å². The normalized spacial score (nSPS) is 12.6. The van der Waals surface area contributed by atoms with Crippen LogP contribution in [0.25, 0.3) is 0 Å². The Morgan fingerprint density at radius 2 is 1.76 bits per heavy atom. The first-order valence-electron chi connectivity index (χ1n) is 4.99. The van der Waals surface area contributed by atoms with E-state index < -0.39 is 11.7 Å². The standard InChI is InChI=1S/C12H13F3OS/c1-11(2,3)17-10-5-4-9(12(13,14)15)6-8(10)7-16/h4-7H,1-3H3. The molecular weight excluding hydrogens is 249 g/mol. The minimum absolute atomic E-state index is 0.0831. The molecule has 0 radical (unpaired) electrons. The zero-order valence-electron chi connectivity index (χ0n) is 9.76. The Morgan fingerprint density at radius 3 is 2.18 bits per heavy atom. The van der Waals surface area contributed by atoms with Crippen molar-refractivity contribution in [3.8, 4) is 0 Å². The molecule has 0 aliphatic heterocycles. The van der Waals surface area contributed by atoms with E-state index in [9.17, 15) is 18.0 Å². The number of aldehydes is 1. The summed E-state index contributed by atoms with van der Waals surface area (Å²) in [5.74, 6) is 0. The Bertz CT molecular complexity index is 419. The summed E-state index contributed by atoms with van der Waals surface area (Å²) in [6.07, 6.45) is -3.95. The largest absolute Gasteiger partial charge is 0.416 e. The lowest BCUT2D eigenvalue weighted by atomic mass is 10.1. The smallest absolute Gasteiger partial charge is 0.298 e. The predicted molar refractivity (Wildman–Crippen MR) is 62.4 cm³/mol. The lowest BCUT2D eigenvalue weighted by Gasteiger charge is -2.19. The summed E-state index contributed by atoms with van der Waals surface area (Å²) >= 11 is 1.37. The van der Waals surface area contributed by atoms with Crippen molar-refractivity contribution in [2.75, 3.05) is 0 Å². The van der Waals surface area contributed by atoms with E-state index in [-0.39, 0.29) is 10.3 Å². The van der Waals surface area contributed by atoms with Crippen LogP contribution in [0.15, 0.2) is 23.1 Å². The van der Waals surface area contributed by atoms with Gasteiger partial charge in [-0.1, -0.05) is 20.8 Å². The highest BCUT2D eigenvalue weighted by molar-refractivity contribution is 8.00. The Hall–Kier alpha value is -0.970. The van der Waals surface area contributed by atoms with E-state index >= 15 is 0 Å². The molecule has 0 spiro atoms. The minimum atomic E-state index is -4.41. The first-order chi connectivity index (χ1) is 7.63. The van der Waals surface area contributed by atoms with Gasteiger partial charge in [0.15, 0.2) is 6.29 Å². The summed E-state index contributed by atoms with van der Waals surface area (Å²) < 4.78 is 37.2. The van der Waals surface area contributed by atoms with Crippen molar-refractivity contribution in [3.63, 3.8) is 0 Å². The number of carbonyl (C=O) groups is 1. The molecule has 0 aliphatic carbocycles. The Kier molecular flexibility index (Phi) is 3.91. The van der Waals surface area contributed by atoms with Gasteiger partial charge in [0.2, 0.25) is 0 Å². The summed E-state index contributed by atoms with van der Waals surface area (Å²) in [5.41, 5.74) is -0.711. The molecule has 17 heavy (non-hydrogen) atoms. The molecule has 0 atom stereocenters. The van der Waals surface area contributed by atoms with Crippen LogP contribution in [0.5, 0.6) is 0 Å². The maximum absolute atomic E-state index is 12.5. The molecule has 0 unspecified atom stereocenters. The van der Waals surface area contributed by atoms with Crippen molar-refractivity contribution in [3.05, 3.63) is 29.3 Å². The number of hydrogen-bond donors (Lipinski definition) is 0. The number of benzene rings is 1. The first-order valence-corrected chi connectivity index (χ1v) is 5.80. The molecule has 94 valence electrons. The fourth-order valence-electron chi connectivity index (χ4n) is 1.24. The van der Waals surface area contributed by atoms with Crippen LogP contribution in [0.1, 0.15) is 36.7 Å². The summed E-state index contributed by atoms with van der Waals surface area (Å²) in [6.45, 7) is 5.80. The third kappa shape index (κ3) is 4.07. The van der Waals surface area contributed by atoms with Crippen molar-refractivity contribution >= 4 is 18.0 Å². The first kappa shape index (κ1) is 14.1. The number of alkyl halides is 3. The van der Waals surface area contributed by atoms with Gasteiger partial charge < -0.3 is 0 Å². The van der Waals surface area contributed by atoms with Crippen LogP contribution in [0.4, 0.5) is 13.2 Å². The molecule has 0 amide bonds. The van der Waals surface area contributed by atoms with Crippen LogP contribution in [0, 0.1) is 0 Å². The summed E-state index contributed by atoms with van der Waals surface area (Å²) in [7, 11) is 0. The monoisotopic (exact) mass is 262 g/mol. The molecule has 0 heterocycles. The quantitative estimate of drug-likeness (QED) is 0.580. The fourth-order valence-corrected chi connectivity index (χ4v) is 2.26. The summed E-state index contributed by atoms with van der Waals surface area (Å²) in [6, 6.07) is 3.24. The average molecular weight is 262 g/mol. The SMILES string of the molecule is CC(C)(C)Sc1ccc(C(F)(F)F)cc1C=O. The lowest BCUT2D eigenvalue weighted by Crippen LogP contribution is -2.09. The molecule has 1 aromatic rings. The maximum atomic E-state index is 12.5. The molecule has 0 aromatic heterocycles. The van der Waals surface area contributed by atoms with E-state index in [0.29, 0.717) is 11.2 Å². The van der Waals surface area contributed by atoms with Gasteiger partial charge in [-0.05, 0) is 18.2 Å². The van der Waals surface area contributed by atoms with Crippen LogP contribution in [-0.2, 0) is 6.18 Å². The molecule has 1 nitrogen and oxygen atoms in total. The van der Waals surface area contributed by atoms with Gasteiger partial charge in [0.05, 0.1) is 5.56 Å². The molecule has 1 rings (SSSR count). The van der Waals surface area contributed by atoms with E-state index in [1.807, 2.05) is 20.8 Å². The Labute approximate surface area is 102 Å². The van der Waals surface area contributed by atoms with E-state index in [1.54, 1.807) is 0 Å². The second-order valence-electron chi connectivity index (χ2n) is 4.58. The highest BCUT2D eigenvalue weighted by Crippen LogP contribution is 2.37. The molecule has 0 fully saturated rings. The molecule has 0 aliphatic rings. The number of hydrogen-bond acceptors (Lipinski definition) is 2. The van der Waals surface area contributed by atoms with Crippen LogP contribution in [0.2, 0.25) is 0 Å². The van der Waals surface area contributed by atoms with Gasteiger partial charge >= 0.3 is 6.18 Å². The van der Waals surface area contributed by atoms with Gasteiger partial charge in [-0.3, -0.25) is 4.79 Å². The fraction of sp³-hybridized carbons (Fsp3) is 0.417. The van der Waals surface area contributed by atoms with E-state index in [4.69, 9.17) is 0 Å². The second kappa shape index (κ2) is 4.72. The highest BCUT2D eigenvalue weighted by atomic mass is 32.2. The summed E-state index contributed by atoms with van der Waals surface area (Å²) in [5, 5.41) is 0. The van der Waals surface area contributed by atoms with E-state index in [2.05, 4.69) is 0 Å². The molecule has 5 heteroatoms. The van der Waals surface area contributed by atoms with Gasteiger partial charge in [0.1, 0.15) is 0 Å². The maximum Gasteiger partial charge on any atom is 0.416 e. The number of thioether (sulfide) groups is 1. The van der Waals surface area contributed by atoms with Crippen molar-refractivity contribution in [2.24, 2.45) is 0 Å². The van der Waals surface area contributed by atoms with Crippen LogP contribution in [-0.4, -0.2) is 11.0 Å². The molecule has 0 N–H and O–H groups in total. The Balaban J connectivity index is 3.15. The molecule has 0 saturated heterocycles. The van der Waals surface area contributed by atoms with Gasteiger partial charge in [-0.25, -0.2) is 0 Å².